The highest BCUT2D eigenvalue weighted by Gasteiger charge is 2.39. The second-order valence-corrected chi connectivity index (χ2v) is 5.30. The summed E-state index contributed by atoms with van der Waals surface area (Å²) >= 11 is 0. The predicted molar refractivity (Wildman–Crippen MR) is 83.4 cm³/mol. The largest absolute Gasteiger partial charge is 0.341 e. The quantitative estimate of drug-likeness (QED) is 0.682. The number of rotatable bonds is 4. The monoisotopic (exact) mass is 290 g/mol. The van der Waals surface area contributed by atoms with Crippen LogP contribution in [0.5, 0.6) is 0 Å². The minimum absolute atomic E-state index is 0.0574. The van der Waals surface area contributed by atoms with Gasteiger partial charge < -0.3 is 21.3 Å². The molecule has 0 aromatic heterocycles. The molecule has 0 radical (unpaired) electrons. The van der Waals surface area contributed by atoms with Crippen molar-refractivity contribution in [1.29, 1.82) is 0 Å². The lowest BCUT2D eigenvalue weighted by Gasteiger charge is -2.25. The average molecular weight is 290 g/mol. The van der Waals surface area contributed by atoms with Crippen LogP contribution in [0.1, 0.15) is 19.8 Å². The molecule has 1 saturated heterocycles. The Morgan fingerprint density at radius 2 is 1.81 bits per heavy atom. The number of hydrogen-bond acceptors (Lipinski definition) is 3. The van der Waals surface area contributed by atoms with Crippen molar-refractivity contribution in [2.45, 2.75) is 19.8 Å². The van der Waals surface area contributed by atoms with Gasteiger partial charge in [-0.25, -0.2) is 4.79 Å². The third-order valence-corrected chi connectivity index (χ3v) is 4.03. The Morgan fingerprint density at radius 1 is 1.19 bits per heavy atom. The number of hydrogen-bond donors (Lipinski definition) is 4. The zero-order valence-electron chi connectivity index (χ0n) is 12.5. The molecule has 2 rings (SSSR count). The van der Waals surface area contributed by atoms with Crippen LogP contribution in [0.4, 0.5) is 16.2 Å². The summed E-state index contributed by atoms with van der Waals surface area (Å²) < 4.78 is 0. The molecule has 1 unspecified atom stereocenters. The summed E-state index contributed by atoms with van der Waals surface area (Å²) in [6, 6.07) is 6.82. The number of anilines is 2. The van der Waals surface area contributed by atoms with E-state index in [2.05, 4.69) is 21.3 Å². The van der Waals surface area contributed by atoms with Crippen molar-refractivity contribution in [2.24, 2.45) is 5.41 Å². The Bertz CT molecular complexity index is 507. The van der Waals surface area contributed by atoms with Gasteiger partial charge >= 0.3 is 6.03 Å². The van der Waals surface area contributed by atoms with E-state index in [1.54, 1.807) is 31.3 Å². The summed E-state index contributed by atoms with van der Waals surface area (Å²) in [6.07, 6.45) is 1.69. The molecule has 0 bridgehead atoms. The zero-order chi connectivity index (χ0) is 15.3. The molecular weight excluding hydrogens is 268 g/mol. The third kappa shape index (κ3) is 3.52. The Kier molecular flexibility index (Phi) is 4.80. The number of carbonyl (C=O) groups is 2. The molecule has 0 saturated carbocycles. The van der Waals surface area contributed by atoms with Crippen molar-refractivity contribution in [1.82, 2.24) is 10.6 Å². The maximum atomic E-state index is 12.4. The fourth-order valence-corrected chi connectivity index (χ4v) is 2.49. The maximum Gasteiger partial charge on any atom is 0.318 e. The molecule has 6 nitrogen and oxygen atoms in total. The van der Waals surface area contributed by atoms with E-state index in [0.717, 1.165) is 31.6 Å². The first kappa shape index (κ1) is 15.3. The van der Waals surface area contributed by atoms with Gasteiger partial charge in [0, 0.05) is 25.0 Å². The minimum atomic E-state index is -0.307. The van der Waals surface area contributed by atoms with Gasteiger partial charge in [-0.15, -0.1) is 0 Å². The molecule has 1 fully saturated rings. The van der Waals surface area contributed by atoms with Crippen molar-refractivity contribution < 1.29 is 9.59 Å². The van der Waals surface area contributed by atoms with Gasteiger partial charge in [-0.2, -0.15) is 0 Å². The van der Waals surface area contributed by atoms with Gasteiger partial charge in [-0.3, -0.25) is 4.79 Å². The second-order valence-electron chi connectivity index (χ2n) is 5.30. The smallest absolute Gasteiger partial charge is 0.318 e. The fourth-order valence-electron chi connectivity index (χ4n) is 2.49. The maximum absolute atomic E-state index is 12.4. The molecule has 4 N–H and O–H groups in total. The number of carbonyl (C=O) groups excluding carboxylic acids is 2. The highest BCUT2D eigenvalue weighted by Crippen LogP contribution is 2.31. The normalized spacial score (nSPS) is 20.9. The van der Waals surface area contributed by atoms with Gasteiger partial charge in [0.25, 0.3) is 0 Å². The standard InChI is InChI=1S/C15H22N4O2/c1-3-15(8-9-17-10-15)13(20)18-11-4-6-12(7-5-11)19-14(21)16-2/h4-7,17H,3,8-10H2,1-2H3,(H,18,20)(H2,16,19,21). The highest BCUT2D eigenvalue weighted by atomic mass is 16.2. The van der Waals surface area contributed by atoms with E-state index in [1.807, 2.05) is 6.92 Å². The van der Waals surface area contributed by atoms with Gasteiger partial charge in [0.1, 0.15) is 0 Å². The minimum Gasteiger partial charge on any atom is -0.341 e. The first-order chi connectivity index (χ1) is 10.1. The molecule has 6 heteroatoms. The summed E-state index contributed by atoms with van der Waals surface area (Å²) in [5.41, 5.74) is 1.11. The molecule has 3 amide bonds. The molecular formula is C15H22N4O2. The molecule has 114 valence electrons. The first-order valence-electron chi connectivity index (χ1n) is 7.20. The average Bonchev–Trinajstić information content (AvgIpc) is 2.99. The lowest BCUT2D eigenvalue weighted by molar-refractivity contribution is -0.124. The van der Waals surface area contributed by atoms with Crippen LogP contribution in [-0.2, 0) is 4.79 Å². The number of urea groups is 1. The summed E-state index contributed by atoms with van der Waals surface area (Å²) in [4.78, 5) is 23.6. The molecule has 1 aliphatic rings. The van der Waals surface area contributed by atoms with E-state index >= 15 is 0 Å². The zero-order valence-corrected chi connectivity index (χ0v) is 12.5. The van der Waals surface area contributed by atoms with Crippen LogP contribution in [0.2, 0.25) is 0 Å². The molecule has 1 aliphatic heterocycles. The Morgan fingerprint density at radius 3 is 2.29 bits per heavy atom. The van der Waals surface area contributed by atoms with E-state index < -0.39 is 0 Å². The fraction of sp³-hybridized carbons (Fsp3) is 0.467. The van der Waals surface area contributed by atoms with E-state index in [-0.39, 0.29) is 17.4 Å². The summed E-state index contributed by atoms with van der Waals surface area (Å²) in [6.45, 7) is 3.66. The third-order valence-electron chi connectivity index (χ3n) is 4.03. The molecule has 21 heavy (non-hydrogen) atoms. The summed E-state index contributed by atoms with van der Waals surface area (Å²) in [5, 5.41) is 11.4. The molecule has 1 aromatic rings. The summed E-state index contributed by atoms with van der Waals surface area (Å²) in [7, 11) is 1.56. The van der Waals surface area contributed by atoms with E-state index in [4.69, 9.17) is 0 Å². The molecule has 0 aliphatic carbocycles. The molecule has 1 aromatic carbocycles. The van der Waals surface area contributed by atoms with Crippen molar-refractivity contribution in [3.63, 3.8) is 0 Å². The highest BCUT2D eigenvalue weighted by molar-refractivity contribution is 5.96. The van der Waals surface area contributed by atoms with Crippen LogP contribution >= 0.6 is 0 Å². The lowest BCUT2D eigenvalue weighted by Crippen LogP contribution is -2.37. The Balaban J connectivity index is 1.99. The van der Waals surface area contributed by atoms with E-state index in [1.165, 1.54) is 0 Å². The second kappa shape index (κ2) is 6.58. The topological polar surface area (TPSA) is 82.3 Å². The summed E-state index contributed by atoms with van der Waals surface area (Å²) in [5.74, 6) is 0.0574. The number of nitrogens with one attached hydrogen (secondary N) is 4. The van der Waals surface area contributed by atoms with Gasteiger partial charge in [-0.05, 0) is 43.7 Å². The number of amides is 3. The van der Waals surface area contributed by atoms with Crippen LogP contribution in [0, 0.1) is 5.41 Å². The van der Waals surface area contributed by atoms with Crippen molar-refractivity contribution in [3.05, 3.63) is 24.3 Å². The molecule has 1 heterocycles. The van der Waals surface area contributed by atoms with Gasteiger partial charge in [-0.1, -0.05) is 6.92 Å². The van der Waals surface area contributed by atoms with Gasteiger partial charge in [0.15, 0.2) is 0 Å². The van der Waals surface area contributed by atoms with Crippen LogP contribution in [-0.4, -0.2) is 32.1 Å². The molecule has 0 spiro atoms. The SMILES string of the molecule is CCC1(C(=O)Nc2ccc(NC(=O)NC)cc2)CCNC1. The van der Waals surface area contributed by atoms with E-state index in [0.29, 0.717) is 5.69 Å². The van der Waals surface area contributed by atoms with Crippen LogP contribution in [0.3, 0.4) is 0 Å². The van der Waals surface area contributed by atoms with E-state index in [9.17, 15) is 9.59 Å². The van der Waals surface area contributed by atoms with Crippen LogP contribution < -0.4 is 21.3 Å². The number of benzene rings is 1. The molecule has 1 atom stereocenters. The predicted octanol–water partition coefficient (Wildman–Crippen LogP) is 1.77. The Labute approximate surface area is 124 Å². The Hall–Kier alpha value is -2.08. The van der Waals surface area contributed by atoms with Gasteiger partial charge in [0.2, 0.25) is 5.91 Å². The van der Waals surface area contributed by atoms with Gasteiger partial charge in [0.05, 0.1) is 5.41 Å². The van der Waals surface area contributed by atoms with Crippen molar-refractivity contribution >= 4 is 23.3 Å². The lowest BCUT2D eigenvalue weighted by atomic mass is 9.83. The first-order valence-corrected chi connectivity index (χ1v) is 7.20. The van der Waals surface area contributed by atoms with Crippen LogP contribution in [0.25, 0.3) is 0 Å². The van der Waals surface area contributed by atoms with Crippen molar-refractivity contribution in [2.75, 3.05) is 30.8 Å². The van der Waals surface area contributed by atoms with Crippen molar-refractivity contribution in [3.8, 4) is 0 Å². The van der Waals surface area contributed by atoms with Crippen LogP contribution in [0.15, 0.2) is 24.3 Å².